The molecule has 21 heavy (non-hydrogen) atoms. The fourth-order valence-electron chi connectivity index (χ4n) is 1.65. The van der Waals surface area contributed by atoms with Crippen molar-refractivity contribution in [2.24, 2.45) is 5.73 Å². The molecule has 0 bridgehead atoms. The first-order valence-corrected chi connectivity index (χ1v) is 7.10. The molecule has 0 heterocycles. The molecule has 0 aliphatic heterocycles. The van der Waals surface area contributed by atoms with E-state index in [1.165, 1.54) is 0 Å². The Hall–Kier alpha value is -1.98. The first-order chi connectivity index (χ1) is 10.1. The summed E-state index contributed by atoms with van der Waals surface area (Å²) in [5.41, 5.74) is 6.21. The summed E-state index contributed by atoms with van der Waals surface area (Å²) in [5, 5.41) is 3.66. The van der Waals surface area contributed by atoms with Crippen LogP contribution in [0.3, 0.4) is 0 Å². The molecule has 0 radical (unpaired) electrons. The second-order valence-corrected chi connectivity index (χ2v) is 4.99. The molecule has 0 atom stereocenters. The first kappa shape index (κ1) is 15.4. The van der Waals surface area contributed by atoms with Gasteiger partial charge in [0.1, 0.15) is 24.7 Å². The number of nitrogens with two attached hydrogens (primary N) is 1. The minimum Gasteiger partial charge on any atom is -0.490 e. The van der Waals surface area contributed by atoms with Gasteiger partial charge in [-0.3, -0.25) is 0 Å². The normalized spacial score (nSPS) is 9.95. The van der Waals surface area contributed by atoms with Crippen molar-refractivity contribution >= 4 is 34.6 Å². The fourth-order valence-corrected chi connectivity index (χ4v) is 1.96. The van der Waals surface area contributed by atoms with Gasteiger partial charge in [-0.2, -0.15) is 0 Å². The van der Waals surface area contributed by atoms with Crippen molar-refractivity contribution in [3.63, 3.8) is 0 Å². The summed E-state index contributed by atoms with van der Waals surface area (Å²) < 4.78 is 11.1. The molecule has 0 fully saturated rings. The number of benzene rings is 2. The Morgan fingerprint density at radius 1 is 1.05 bits per heavy atom. The predicted octanol–water partition coefficient (Wildman–Crippen LogP) is 3.45. The van der Waals surface area contributed by atoms with Crippen LogP contribution in [0.5, 0.6) is 11.5 Å². The summed E-state index contributed by atoms with van der Waals surface area (Å²) in [6.07, 6.45) is 0. The van der Waals surface area contributed by atoms with E-state index in [1.807, 2.05) is 42.5 Å². The van der Waals surface area contributed by atoms with Crippen molar-refractivity contribution in [2.45, 2.75) is 0 Å². The second-order valence-electron chi connectivity index (χ2n) is 4.14. The monoisotopic (exact) mass is 322 g/mol. The number of ether oxygens (including phenoxy) is 2. The summed E-state index contributed by atoms with van der Waals surface area (Å²) in [5.74, 6) is 1.39. The zero-order valence-electron chi connectivity index (χ0n) is 11.2. The Balaban J connectivity index is 1.76. The first-order valence-electron chi connectivity index (χ1n) is 6.32. The predicted molar refractivity (Wildman–Crippen MR) is 89.3 cm³/mol. The molecule has 110 valence electrons. The molecule has 0 aliphatic carbocycles. The summed E-state index contributed by atoms with van der Waals surface area (Å²) in [7, 11) is 0. The lowest BCUT2D eigenvalue weighted by Gasteiger charge is -2.10. The molecule has 2 aromatic carbocycles. The van der Waals surface area contributed by atoms with Gasteiger partial charge in [0.05, 0.1) is 5.02 Å². The number of hydrogen-bond acceptors (Lipinski definition) is 3. The Morgan fingerprint density at radius 2 is 1.71 bits per heavy atom. The molecule has 0 spiro atoms. The van der Waals surface area contributed by atoms with Crippen LogP contribution in [0.2, 0.25) is 5.02 Å². The maximum atomic E-state index is 5.99. The van der Waals surface area contributed by atoms with Crippen LogP contribution in [0.4, 0.5) is 5.69 Å². The van der Waals surface area contributed by atoms with Gasteiger partial charge in [-0.05, 0) is 48.6 Å². The van der Waals surface area contributed by atoms with E-state index in [2.05, 4.69) is 5.32 Å². The lowest BCUT2D eigenvalue weighted by atomic mass is 10.3. The van der Waals surface area contributed by atoms with E-state index in [4.69, 9.17) is 39.0 Å². The molecule has 0 aliphatic rings. The molecular formula is C15H15ClN2O2S. The maximum absolute atomic E-state index is 5.99. The summed E-state index contributed by atoms with van der Waals surface area (Å²) in [6, 6.07) is 14.7. The third-order valence-corrected chi connectivity index (χ3v) is 2.98. The molecule has 2 aromatic rings. The van der Waals surface area contributed by atoms with Gasteiger partial charge in [0.15, 0.2) is 5.11 Å². The Morgan fingerprint density at radius 3 is 2.38 bits per heavy atom. The molecule has 0 amide bonds. The SMILES string of the molecule is NC(=S)Nc1ccc(OCCOc2ccccc2Cl)cc1. The minimum atomic E-state index is 0.233. The number of thiocarbonyl (C=S) groups is 1. The molecule has 6 heteroatoms. The van der Waals surface area contributed by atoms with Crippen LogP contribution >= 0.6 is 23.8 Å². The lowest BCUT2D eigenvalue weighted by Crippen LogP contribution is -2.18. The van der Waals surface area contributed by atoms with Gasteiger partial charge in [-0.15, -0.1) is 0 Å². The molecule has 3 N–H and O–H groups in total. The average Bonchev–Trinajstić information content (AvgIpc) is 2.46. The van der Waals surface area contributed by atoms with Crippen LogP contribution in [0.25, 0.3) is 0 Å². The van der Waals surface area contributed by atoms with E-state index < -0.39 is 0 Å². The summed E-state index contributed by atoms with van der Waals surface area (Å²) in [6.45, 7) is 0.837. The number of rotatable bonds is 6. The number of halogens is 1. The fraction of sp³-hybridized carbons (Fsp3) is 0.133. The molecule has 0 unspecified atom stereocenters. The quantitative estimate of drug-likeness (QED) is 0.630. The van der Waals surface area contributed by atoms with Crippen LogP contribution in [0, 0.1) is 0 Å². The summed E-state index contributed by atoms with van der Waals surface area (Å²) >= 11 is 10.7. The molecule has 0 aromatic heterocycles. The maximum Gasteiger partial charge on any atom is 0.168 e. The smallest absolute Gasteiger partial charge is 0.168 e. The van der Waals surface area contributed by atoms with Crippen molar-refractivity contribution in [2.75, 3.05) is 18.5 Å². The average molecular weight is 323 g/mol. The Bertz CT molecular complexity index is 605. The standard InChI is InChI=1S/C15H15ClN2O2S/c16-13-3-1-2-4-14(13)20-10-9-19-12-7-5-11(6-8-12)18-15(17)21/h1-8H,9-10H2,(H3,17,18,21). The number of nitrogens with one attached hydrogen (secondary N) is 1. The van der Waals surface area contributed by atoms with Gasteiger partial charge in [0, 0.05) is 5.69 Å². The van der Waals surface area contributed by atoms with Crippen molar-refractivity contribution in [1.82, 2.24) is 0 Å². The van der Waals surface area contributed by atoms with Gasteiger partial charge in [-0.25, -0.2) is 0 Å². The molecule has 0 saturated heterocycles. The molecular weight excluding hydrogens is 308 g/mol. The number of para-hydroxylation sites is 1. The third-order valence-electron chi connectivity index (χ3n) is 2.57. The summed E-state index contributed by atoms with van der Waals surface area (Å²) in [4.78, 5) is 0. The van der Waals surface area contributed by atoms with E-state index in [9.17, 15) is 0 Å². The van der Waals surface area contributed by atoms with Crippen LogP contribution in [-0.2, 0) is 0 Å². The number of hydrogen-bond donors (Lipinski definition) is 2. The van der Waals surface area contributed by atoms with Crippen LogP contribution in [0.15, 0.2) is 48.5 Å². The lowest BCUT2D eigenvalue weighted by molar-refractivity contribution is 0.217. The second kappa shape index (κ2) is 7.71. The highest BCUT2D eigenvalue weighted by Gasteiger charge is 2.00. The van der Waals surface area contributed by atoms with Crippen molar-refractivity contribution in [3.05, 3.63) is 53.6 Å². The highest BCUT2D eigenvalue weighted by Crippen LogP contribution is 2.23. The Labute approximate surface area is 133 Å². The zero-order valence-corrected chi connectivity index (χ0v) is 12.8. The van der Waals surface area contributed by atoms with Crippen molar-refractivity contribution < 1.29 is 9.47 Å². The van der Waals surface area contributed by atoms with E-state index in [0.717, 1.165) is 11.4 Å². The van der Waals surface area contributed by atoms with E-state index >= 15 is 0 Å². The van der Waals surface area contributed by atoms with E-state index in [-0.39, 0.29) is 5.11 Å². The molecule has 2 rings (SSSR count). The van der Waals surface area contributed by atoms with Gasteiger partial charge in [0.2, 0.25) is 0 Å². The van der Waals surface area contributed by atoms with Gasteiger partial charge in [-0.1, -0.05) is 23.7 Å². The largest absolute Gasteiger partial charge is 0.490 e. The topological polar surface area (TPSA) is 56.5 Å². The third kappa shape index (κ3) is 5.13. The number of anilines is 1. The van der Waals surface area contributed by atoms with Crippen molar-refractivity contribution in [3.8, 4) is 11.5 Å². The van der Waals surface area contributed by atoms with E-state index in [1.54, 1.807) is 6.07 Å². The minimum absolute atomic E-state index is 0.233. The highest BCUT2D eigenvalue weighted by atomic mass is 35.5. The molecule has 4 nitrogen and oxygen atoms in total. The molecule has 0 saturated carbocycles. The highest BCUT2D eigenvalue weighted by molar-refractivity contribution is 7.80. The zero-order chi connectivity index (χ0) is 15.1. The van der Waals surface area contributed by atoms with Gasteiger partial charge < -0.3 is 20.5 Å². The van der Waals surface area contributed by atoms with Crippen molar-refractivity contribution in [1.29, 1.82) is 0 Å². The van der Waals surface area contributed by atoms with Gasteiger partial charge >= 0.3 is 0 Å². The van der Waals surface area contributed by atoms with Gasteiger partial charge in [0.25, 0.3) is 0 Å². The van der Waals surface area contributed by atoms with Crippen LogP contribution < -0.4 is 20.5 Å². The van der Waals surface area contributed by atoms with Crippen LogP contribution in [0.1, 0.15) is 0 Å². The Kier molecular flexibility index (Phi) is 5.66. The van der Waals surface area contributed by atoms with E-state index in [0.29, 0.717) is 24.0 Å². The van der Waals surface area contributed by atoms with Crippen LogP contribution in [-0.4, -0.2) is 18.3 Å².